The molecule has 1 aromatic carbocycles. The van der Waals surface area contributed by atoms with Gasteiger partial charge in [0.05, 0.1) is 25.6 Å². The molecule has 0 saturated heterocycles. The average Bonchev–Trinajstić information content (AvgIpc) is 2.37. The molecule has 0 aliphatic carbocycles. The molecule has 10 heteroatoms. The molecule has 0 radical (unpaired) electrons. The van der Waals surface area contributed by atoms with Crippen molar-refractivity contribution in [3.05, 3.63) is 43.0 Å². The van der Waals surface area contributed by atoms with Crippen LogP contribution in [0.15, 0.2) is 22.8 Å². The Balaban J connectivity index is 2.50. The molecule has 104 valence electrons. The Labute approximate surface area is 131 Å². The topological polar surface area (TPSA) is 104 Å². The third-order valence-corrected chi connectivity index (χ3v) is 3.40. The van der Waals surface area contributed by atoms with Crippen LogP contribution in [0.1, 0.15) is 0 Å². The highest BCUT2D eigenvalue weighted by molar-refractivity contribution is 9.10. The van der Waals surface area contributed by atoms with Crippen LogP contribution in [0.5, 0.6) is 11.6 Å². The van der Waals surface area contributed by atoms with E-state index < -0.39 is 4.92 Å². The highest BCUT2D eigenvalue weighted by Gasteiger charge is 2.20. The first-order valence-corrected chi connectivity index (χ1v) is 6.52. The van der Waals surface area contributed by atoms with Gasteiger partial charge in [0.2, 0.25) is 17.6 Å². The highest BCUT2D eigenvalue weighted by atomic mass is 79.9. The number of ether oxygens (including phenoxy) is 1. The molecule has 2 rings (SSSR count). The van der Waals surface area contributed by atoms with Crippen LogP contribution in [-0.4, -0.2) is 14.9 Å². The number of nitrogens with two attached hydrogens (primary N) is 1. The summed E-state index contributed by atoms with van der Waals surface area (Å²) in [5.74, 6) is -0.117. The van der Waals surface area contributed by atoms with E-state index in [0.717, 1.165) is 6.07 Å². The molecule has 0 spiro atoms. The number of hydrogen-bond donors (Lipinski definition) is 1. The quantitative estimate of drug-likeness (QED) is 0.641. The highest BCUT2D eigenvalue weighted by Crippen LogP contribution is 2.39. The summed E-state index contributed by atoms with van der Waals surface area (Å²) in [5.41, 5.74) is 5.08. The van der Waals surface area contributed by atoms with Gasteiger partial charge in [0.15, 0.2) is 0 Å². The maximum atomic E-state index is 11.0. The number of nitro groups is 1. The Hall–Kier alpha value is -1.64. The average molecular weight is 380 g/mol. The monoisotopic (exact) mass is 378 g/mol. The van der Waals surface area contributed by atoms with Crippen molar-refractivity contribution in [2.45, 2.75) is 0 Å². The minimum absolute atomic E-state index is 0.0268. The summed E-state index contributed by atoms with van der Waals surface area (Å²) in [6, 6.07) is 2.32. The van der Waals surface area contributed by atoms with Crippen molar-refractivity contribution in [2.24, 2.45) is 0 Å². The first-order valence-electron chi connectivity index (χ1n) is 4.98. The molecule has 7 nitrogen and oxygen atoms in total. The fourth-order valence-electron chi connectivity index (χ4n) is 1.28. The lowest BCUT2D eigenvalue weighted by atomic mass is 10.3. The second kappa shape index (κ2) is 5.78. The van der Waals surface area contributed by atoms with Gasteiger partial charge in [-0.25, -0.2) is 4.98 Å². The Kier molecular flexibility index (Phi) is 4.26. The maximum absolute atomic E-state index is 11.0. The van der Waals surface area contributed by atoms with E-state index in [1.807, 2.05) is 0 Å². The first-order chi connectivity index (χ1) is 9.38. The van der Waals surface area contributed by atoms with Crippen LogP contribution in [0, 0.1) is 10.1 Å². The molecule has 2 aromatic rings. The van der Waals surface area contributed by atoms with Gasteiger partial charge in [-0.15, -0.1) is 0 Å². The summed E-state index contributed by atoms with van der Waals surface area (Å²) in [6.07, 6.45) is 1.36. The third kappa shape index (κ3) is 3.09. The first kappa shape index (κ1) is 14.8. The van der Waals surface area contributed by atoms with Crippen LogP contribution in [0.25, 0.3) is 0 Å². The minimum Gasteiger partial charge on any atom is -0.430 e. The second-order valence-corrected chi connectivity index (χ2v) is 5.14. The smallest absolute Gasteiger partial charge is 0.313 e. The number of aromatic nitrogens is 2. The van der Waals surface area contributed by atoms with Crippen LogP contribution in [-0.2, 0) is 0 Å². The van der Waals surface area contributed by atoms with Gasteiger partial charge in [-0.05, 0) is 15.9 Å². The molecule has 0 saturated carbocycles. The number of nitrogens with zero attached hydrogens (tertiary/aromatic N) is 3. The number of halogens is 3. The molecule has 1 heterocycles. The molecular formula is C10H5BrCl2N4O3. The zero-order valence-corrected chi connectivity index (χ0v) is 12.6. The normalized spacial score (nSPS) is 10.3. The summed E-state index contributed by atoms with van der Waals surface area (Å²) in [6.45, 7) is 0. The van der Waals surface area contributed by atoms with Gasteiger partial charge in [0.1, 0.15) is 0 Å². The van der Waals surface area contributed by atoms with Crippen molar-refractivity contribution in [1.29, 1.82) is 0 Å². The van der Waals surface area contributed by atoms with E-state index in [-0.39, 0.29) is 33.3 Å². The number of nitrogen functional groups attached to an aromatic ring is 1. The Morgan fingerprint density at radius 3 is 2.65 bits per heavy atom. The predicted molar refractivity (Wildman–Crippen MR) is 77.3 cm³/mol. The number of anilines is 1. The summed E-state index contributed by atoms with van der Waals surface area (Å²) < 4.78 is 5.74. The van der Waals surface area contributed by atoms with Crippen LogP contribution >= 0.6 is 39.1 Å². The fourth-order valence-corrected chi connectivity index (χ4v) is 1.87. The molecular weight excluding hydrogens is 375 g/mol. The molecule has 0 fully saturated rings. The number of nitro benzene ring substituents is 1. The van der Waals surface area contributed by atoms with Crippen molar-refractivity contribution in [2.75, 3.05) is 5.73 Å². The molecule has 0 atom stereocenters. The van der Waals surface area contributed by atoms with Crippen LogP contribution in [0.2, 0.25) is 10.0 Å². The zero-order chi connectivity index (χ0) is 14.9. The summed E-state index contributed by atoms with van der Waals surface area (Å²) in [5, 5.41) is 11.1. The third-order valence-electron chi connectivity index (χ3n) is 2.14. The maximum Gasteiger partial charge on any atom is 0.313 e. The van der Waals surface area contributed by atoms with Crippen LogP contribution in [0.3, 0.4) is 0 Å². The van der Waals surface area contributed by atoms with E-state index in [1.165, 1.54) is 12.3 Å². The number of rotatable bonds is 3. The molecule has 0 aliphatic rings. The largest absolute Gasteiger partial charge is 0.430 e. The van der Waals surface area contributed by atoms with E-state index in [1.54, 1.807) is 0 Å². The molecule has 0 unspecified atom stereocenters. The van der Waals surface area contributed by atoms with Gasteiger partial charge in [-0.1, -0.05) is 23.2 Å². The predicted octanol–water partition coefficient (Wildman–Crippen LogP) is 3.83. The summed E-state index contributed by atoms with van der Waals surface area (Å²) in [4.78, 5) is 17.9. The van der Waals surface area contributed by atoms with E-state index >= 15 is 0 Å². The summed E-state index contributed by atoms with van der Waals surface area (Å²) >= 11 is 14.7. The van der Waals surface area contributed by atoms with Gasteiger partial charge in [0, 0.05) is 12.1 Å². The SMILES string of the molecule is Nc1ncc(Br)c(Oc2cc(Cl)c(Cl)cc2[N+](=O)[O-])n1. The minimum atomic E-state index is -0.643. The lowest BCUT2D eigenvalue weighted by Gasteiger charge is -2.08. The molecule has 0 bridgehead atoms. The Bertz CT molecular complexity index is 698. The van der Waals surface area contributed by atoms with Crippen molar-refractivity contribution in [3.63, 3.8) is 0 Å². The molecule has 0 amide bonds. The Morgan fingerprint density at radius 1 is 1.35 bits per heavy atom. The van der Waals surface area contributed by atoms with Gasteiger partial charge < -0.3 is 10.5 Å². The van der Waals surface area contributed by atoms with E-state index in [0.29, 0.717) is 4.47 Å². The van der Waals surface area contributed by atoms with Crippen LogP contribution < -0.4 is 10.5 Å². The van der Waals surface area contributed by atoms with Crippen LogP contribution in [0.4, 0.5) is 11.6 Å². The van der Waals surface area contributed by atoms with E-state index in [9.17, 15) is 10.1 Å². The number of hydrogen-bond acceptors (Lipinski definition) is 6. The van der Waals surface area contributed by atoms with Crippen molar-refractivity contribution in [1.82, 2.24) is 9.97 Å². The lowest BCUT2D eigenvalue weighted by molar-refractivity contribution is -0.385. The molecule has 1 aromatic heterocycles. The van der Waals surface area contributed by atoms with Gasteiger partial charge in [0.25, 0.3) is 0 Å². The number of benzene rings is 1. The molecule has 0 aliphatic heterocycles. The molecule has 2 N–H and O–H groups in total. The van der Waals surface area contributed by atoms with E-state index in [2.05, 4.69) is 25.9 Å². The van der Waals surface area contributed by atoms with Crippen molar-refractivity contribution >= 4 is 50.8 Å². The zero-order valence-electron chi connectivity index (χ0n) is 9.51. The lowest BCUT2D eigenvalue weighted by Crippen LogP contribution is -1.99. The van der Waals surface area contributed by atoms with Crippen molar-refractivity contribution < 1.29 is 9.66 Å². The standard InChI is InChI=1S/C10H5BrCl2N4O3/c11-4-3-15-10(14)16-9(4)20-8-2-6(13)5(12)1-7(8)17(18)19/h1-3H,(H2,14,15,16). The van der Waals surface area contributed by atoms with E-state index in [4.69, 9.17) is 33.7 Å². The fraction of sp³-hybridized carbons (Fsp3) is 0. The van der Waals surface area contributed by atoms with Crippen molar-refractivity contribution in [3.8, 4) is 11.6 Å². The van der Waals surface area contributed by atoms with Gasteiger partial charge in [-0.3, -0.25) is 10.1 Å². The summed E-state index contributed by atoms with van der Waals surface area (Å²) in [7, 11) is 0. The second-order valence-electron chi connectivity index (χ2n) is 3.47. The molecule has 20 heavy (non-hydrogen) atoms. The van der Waals surface area contributed by atoms with Gasteiger partial charge >= 0.3 is 5.69 Å². The van der Waals surface area contributed by atoms with Gasteiger partial charge in [-0.2, -0.15) is 4.98 Å². The Morgan fingerprint density at radius 2 is 2.00 bits per heavy atom.